The number of thiophene rings is 1. The van der Waals surface area contributed by atoms with Gasteiger partial charge in [-0.2, -0.15) is 13.2 Å². The lowest BCUT2D eigenvalue weighted by atomic mass is 10.0. The Hall–Kier alpha value is -2.35. The minimum absolute atomic E-state index is 0.0776. The third kappa shape index (κ3) is 5.56. The molecule has 2 amide bonds. The number of alkyl halides is 3. The molecule has 1 unspecified atom stereocenters. The molecular weight excluding hydrogens is 377 g/mol. The van der Waals surface area contributed by atoms with Crippen LogP contribution in [0.5, 0.6) is 0 Å². The molecule has 2 aromatic rings. The molecule has 1 N–H and O–H groups in total. The smallest absolute Gasteiger partial charge is 0.351 e. The number of carbonyl (C=O) groups is 2. The van der Waals surface area contributed by atoms with Gasteiger partial charge in [0.05, 0.1) is 16.5 Å². The van der Waals surface area contributed by atoms with Crippen LogP contribution in [0.25, 0.3) is 0 Å². The molecule has 1 aromatic carbocycles. The number of hydrogen-bond acceptors (Lipinski definition) is 3. The van der Waals surface area contributed by atoms with Crippen LogP contribution in [0, 0.1) is 0 Å². The summed E-state index contributed by atoms with van der Waals surface area (Å²) in [7, 11) is 0. The number of nitrogens with one attached hydrogen (secondary N) is 1. The Bertz CT molecular complexity index is 776. The van der Waals surface area contributed by atoms with E-state index in [9.17, 15) is 22.8 Å². The second-order valence-electron chi connectivity index (χ2n) is 5.96. The van der Waals surface area contributed by atoms with Crippen molar-refractivity contribution >= 4 is 23.2 Å². The number of hydrogen-bond donors (Lipinski definition) is 1. The van der Waals surface area contributed by atoms with E-state index in [-0.39, 0.29) is 24.8 Å². The molecule has 146 valence electrons. The molecule has 0 fully saturated rings. The maximum Gasteiger partial charge on any atom is 0.416 e. The number of rotatable bonds is 7. The average molecular weight is 398 g/mol. The van der Waals surface area contributed by atoms with E-state index in [0.29, 0.717) is 17.0 Å². The molecule has 0 radical (unpaired) electrons. The Morgan fingerprint density at radius 3 is 2.56 bits per heavy atom. The van der Waals surface area contributed by atoms with E-state index in [2.05, 4.69) is 5.32 Å². The molecule has 0 spiro atoms. The molecule has 0 saturated heterocycles. The minimum atomic E-state index is -4.43. The fourth-order valence-corrected chi connectivity index (χ4v) is 3.38. The van der Waals surface area contributed by atoms with E-state index in [4.69, 9.17) is 0 Å². The quantitative estimate of drug-likeness (QED) is 0.747. The second kappa shape index (κ2) is 9.03. The highest BCUT2D eigenvalue weighted by atomic mass is 32.1. The maximum absolute atomic E-state index is 12.9. The summed E-state index contributed by atoms with van der Waals surface area (Å²) in [6, 6.07) is 7.95. The molecule has 1 heterocycles. The Morgan fingerprint density at radius 1 is 1.22 bits per heavy atom. The van der Waals surface area contributed by atoms with Gasteiger partial charge in [0.25, 0.3) is 5.91 Å². The predicted molar refractivity (Wildman–Crippen MR) is 98.5 cm³/mol. The van der Waals surface area contributed by atoms with Crippen LogP contribution >= 0.6 is 11.3 Å². The first-order chi connectivity index (χ1) is 12.7. The Balaban J connectivity index is 1.98. The normalized spacial score (nSPS) is 12.5. The average Bonchev–Trinajstić information content (AvgIpc) is 3.16. The molecule has 0 bridgehead atoms. The van der Waals surface area contributed by atoms with E-state index in [1.165, 1.54) is 22.3 Å². The summed E-state index contributed by atoms with van der Waals surface area (Å²) in [4.78, 5) is 26.4. The van der Waals surface area contributed by atoms with E-state index in [0.717, 1.165) is 12.1 Å². The van der Waals surface area contributed by atoms with Crippen LogP contribution in [0.2, 0.25) is 0 Å². The number of benzene rings is 1. The molecule has 0 aliphatic heterocycles. The number of carbonyl (C=O) groups excluding carboxylic acids is 2. The maximum atomic E-state index is 12.9. The number of nitrogens with zero attached hydrogens (tertiary/aromatic N) is 1. The predicted octanol–water partition coefficient (Wildman–Crippen LogP) is 4.50. The first-order valence-corrected chi connectivity index (χ1v) is 9.40. The van der Waals surface area contributed by atoms with Gasteiger partial charge in [0.1, 0.15) is 0 Å². The molecule has 2 rings (SSSR count). The molecule has 0 aliphatic carbocycles. The first kappa shape index (κ1) is 21.0. The van der Waals surface area contributed by atoms with Crippen molar-refractivity contribution in [2.45, 2.75) is 32.5 Å². The van der Waals surface area contributed by atoms with Crippen LogP contribution in [-0.2, 0) is 11.0 Å². The van der Waals surface area contributed by atoms with Gasteiger partial charge in [-0.3, -0.25) is 9.59 Å². The van der Waals surface area contributed by atoms with Crippen molar-refractivity contribution in [1.82, 2.24) is 10.2 Å². The summed E-state index contributed by atoms with van der Waals surface area (Å²) in [5.74, 6) is -0.472. The van der Waals surface area contributed by atoms with Crippen LogP contribution in [0.1, 0.15) is 47.1 Å². The molecule has 1 aromatic heterocycles. The van der Waals surface area contributed by atoms with Crippen molar-refractivity contribution < 1.29 is 22.8 Å². The van der Waals surface area contributed by atoms with E-state index in [1.54, 1.807) is 37.4 Å². The summed E-state index contributed by atoms with van der Waals surface area (Å²) >= 11 is 1.31. The highest BCUT2D eigenvalue weighted by Crippen LogP contribution is 2.32. The Kier molecular flexibility index (Phi) is 7.01. The lowest BCUT2D eigenvalue weighted by Crippen LogP contribution is -2.36. The summed E-state index contributed by atoms with van der Waals surface area (Å²) < 4.78 is 38.7. The fraction of sp³-hybridized carbons (Fsp3) is 0.368. The minimum Gasteiger partial charge on any atom is -0.351 e. The Morgan fingerprint density at radius 2 is 1.96 bits per heavy atom. The summed E-state index contributed by atoms with van der Waals surface area (Å²) in [6.45, 7) is 3.99. The lowest BCUT2D eigenvalue weighted by molar-refractivity contribution is -0.137. The molecule has 8 heteroatoms. The van der Waals surface area contributed by atoms with Crippen molar-refractivity contribution in [3.63, 3.8) is 0 Å². The fourth-order valence-electron chi connectivity index (χ4n) is 2.74. The standard InChI is InChI=1S/C19H21F3N2O2S/c1-3-24(13(2)14-6-4-7-15(12-14)19(20,21)22)17(25)9-10-23-18(26)16-8-5-11-27-16/h4-8,11-13H,3,9-10H2,1-2H3,(H,23,26). The largest absolute Gasteiger partial charge is 0.416 e. The third-order valence-corrected chi connectivity index (χ3v) is 5.06. The van der Waals surface area contributed by atoms with Crippen molar-refractivity contribution in [3.05, 3.63) is 57.8 Å². The van der Waals surface area contributed by atoms with Gasteiger partial charge in [-0.25, -0.2) is 0 Å². The van der Waals surface area contributed by atoms with E-state index >= 15 is 0 Å². The van der Waals surface area contributed by atoms with Crippen LogP contribution in [0.3, 0.4) is 0 Å². The molecular formula is C19H21F3N2O2S. The van der Waals surface area contributed by atoms with Crippen LogP contribution in [0.15, 0.2) is 41.8 Å². The van der Waals surface area contributed by atoms with Crippen LogP contribution < -0.4 is 5.32 Å². The van der Waals surface area contributed by atoms with Gasteiger partial charge in [0.2, 0.25) is 5.91 Å². The van der Waals surface area contributed by atoms with Gasteiger partial charge in [-0.05, 0) is 43.0 Å². The molecule has 27 heavy (non-hydrogen) atoms. The zero-order chi connectivity index (χ0) is 20.0. The zero-order valence-corrected chi connectivity index (χ0v) is 15.9. The van der Waals surface area contributed by atoms with Gasteiger partial charge in [0, 0.05) is 19.5 Å². The lowest BCUT2D eigenvalue weighted by Gasteiger charge is -2.29. The SMILES string of the molecule is CCN(C(=O)CCNC(=O)c1cccs1)C(C)c1cccc(C(F)(F)F)c1. The van der Waals surface area contributed by atoms with Gasteiger partial charge >= 0.3 is 6.18 Å². The van der Waals surface area contributed by atoms with E-state index < -0.39 is 17.8 Å². The van der Waals surface area contributed by atoms with Gasteiger partial charge < -0.3 is 10.2 Å². The summed E-state index contributed by atoms with van der Waals surface area (Å²) in [5, 5.41) is 4.47. The van der Waals surface area contributed by atoms with Crippen LogP contribution in [-0.4, -0.2) is 29.8 Å². The molecule has 4 nitrogen and oxygen atoms in total. The van der Waals surface area contributed by atoms with Crippen LogP contribution in [0.4, 0.5) is 13.2 Å². The Labute approximate surface area is 160 Å². The number of halogens is 3. The van der Waals surface area contributed by atoms with Gasteiger partial charge in [-0.1, -0.05) is 18.2 Å². The monoisotopic (exact) mass is 398 g/mol. The van der Waals surface area contributed by atoms with Crippen molar-refractivity contribution in [3.8, 4) is 0 Å². The highest BCUT2D eigenvalue weighted by molar-refractivity contribution is 7.12. The highest BCUT2D eigenvalue weighted by Gasteiger charge is 2.31. The molecule has 0 aliphatic rings. The van der Waals surface area contributed by atoms with Crippen molar-refractivity contribution in [2.75, 3.05) is 13.1 Å². The van der Waals surface area contributed by atoms with Gasteiger partial charge in [0.15, 0.2) is 0 Å². The first-order valence-electron chi connectivity index (χ1n) is 8.52. The number of amides is 2. The summed E-state index contributed by atoms with van der Waals surface area (Å²) in [5.41, 5.74) is -0.318. The van der Waals surface area contributed by atoms with Crippen molar-refractivity contribution in [2.24, 2.45) is 0 Å². The third-order valence-electron chi connectivity index (χ3n) is 4.19. The van der Waals surface area contributed by atoms with Crippen molar-refractivity contribution in [1.29, 1.82) is 0 Å². The second-order valence-corrected chi connectivity index (χ2v) is 6.91. The van der Waals surface area contributed by atoms with E-state index in [1.807, 2.05) is 0 Å². The molecule has 1 atom stereocenters. The zero-order valence-electron chi connectivity index (χ0n) is 15.0. The summed E-state index contributed by atoms with van der Waals surface area (Å²) in [6.07, 6.45) is -4.35. The molecule has 0 saturated carbocycles. The topological polar surface area (TPSA) is 49.4 Å². The van der Waals surface area contributed by atoms with Gasteiger partial charge in [-0.15, -0.1) is 11.3 Å².